The zero-order valence-electron chi connectivity index (χ0n) is 13.1. The molecule has 122 valence electrons. The van der Waals surface area contributed by atoms with E-state index in [0.29, 0.717) is 12.1 Å². The molecule has 1 aromatic heterocycles. The summed E-state index contributed by atoms with van der Waals surface area (Å²) in [6.07, 6.45) is 2.05. The number of pyridine rings is 1. The van der Waals surface area contributed by atoms with Gasteiger partial charge in [-0.25, -0.2) is 8.42 Å². The van der Waals surface area contributed by atoms with Crippen LogP contribution in [-0.2, 0) is 16.4 Å². The Labute approximate surface area is 142 Å². The quantitative estimate of drug-likeness (QED) is 0.745. The van der Waals surface area contributed by atoms with Crippen molar-refractivity contribution in [1.82, 2.24) is 4.98 Å². The molecule has 0 radical (unpaired) electrons. The third-order valence-corrected chi connectivity index (χ3v) is 4.90. The van der Waals surface area contributed by atoms with Crippen molar-refractivity contribution in [2.75, 3.05) is 10.5 Å². The Hall–Kier alpha value is -2.66. The van der Waals surface area contributed by atoms with Gasteiger partial charge in [0.15, 0.2) is 0 Å². The van der Waals surface area contributed by atoms with Crippen LogP contribution in [0.25, 0.3) is 11.1 Å². The fraction of sp³-hybridized carbons (Fsp3) is 0.105. The highest BCUT2D eigenvalue weighted by Gasteiger charge is 2.14. The molecule has 0 fully saturated rings. The molecule has 0 bridgehead atoms. The summed E-state index contributed by atoms with van der Waals surface area (Å²) < 4.78 is 27.5. The third kappa shape index (κ3) is 4.20. The van der Waals surface area contributed by atoms with Crippen LogP contribution in [0.15, 0.2) is 79.0 Å². The zero-order valence-corrected chi connectivity index (χ0v) is 13.9. The van der Waals surface area contributed by atoms with E-state index in [0.717, 1.165) is 16.8 Å². The number of para-hydroxylation sites is 1. The summed E-state index contributed by atoms with van der Waals surface area (Å²) in [7, 11) is -3.45. The lowest BCUT2D eigenvalue weighted by molar-refractivity contribution is 0.600. The minimum absolute atomic E-state index is 0.00681. The standard InChI is InChI=1S/C19H18N2O2S/c22-24(23,15-13-17-10-6-7-14-20-17)21-19-12-5-4-11-18(19)16-8-2-1-3-9-16/h1-12,14,21H,13,15H2. The number of hydrogen-bond acceptors (Lipinski definition) is 3. The first kappa shape index (κ1) is 16.2. The number of rotatable bonds is 6. The Morgan fingerprint density at radius 3 is 2.29 bits per heavy atom. The second kappa shape index (κ2) is 7.27. The molecular weight excluding hydrogens is 320 g/mol. The largest absolute Gasteiger partial charge is 0.283 e. The first-order chi connectivity index (χ1) is 11.6. The van der Waals surface area contributed by atoms with Gasteiger partial charge in [0, 0.05) is 23.9 Å². The topological polar surface area (TPSA) is 59.1 Å². The molecule has 3 rings (SSSR count). The number of nitrogens with one attached hydrogen (secondary N) is 1. The molecule has 5 heteroatoms. The van der Waals surface area contributed by atoms with E-state index in [9.17, 15) is 8.42 Å². The van der Waals surface area contributed by atoms with Crippen LogP contribution in [0.2, 0.25) is 0 Å². The van der Waals surface area contributed by atoms with E-state index in [1.165, 1.54) is 0 Å². The van der Waals surface area contributed by atoms with Gasteiger partial charge in [-0.2, -0.15) is 0 Å². The summed E-state index contributed by atoms with van der Waals surface area (Å²) >= 11 is 0. The second-order valence-electron chi connectivity index (χ2n) is 5.40. The Morgan fingerprint density at radius 1 is 0.833 bits per heavy atom. The van der Waals surface area contributed by atoms with E-state index in [4.69, 9.17) is 0 Å². The van der Waals surface area contributed by atoms with E-state index in [1.807, 2.05) is 66.7 Å². The fourth-order valence-corrected chi connectivity index (χ4v) is 3.54. The van der Waals surface area contributed by atoms with E-state index in [-0.39, 0.29) is 5.75 Å². The van der Waals surface area contributed by atoms with Crippen molar-refractivity contribution in [2.45, 2.75) is 6.42 Å². The predicted octanol–water partition coefficient (Wildman–Crippen LogP) is 3.73. The van der Waals surface area contributed by atoms with Crippen LogP contribution in [0.5, 0.6) is 0 Å². The van der Waals surface area contributed by atoms with Crippen molar-refractivity contribution in [3.63, 3.8) is 0 Å². The van der Waals surface area contributed by atoms with Crippen LogP contribution in [-0.4, -0.2) is 19.2 Å². The molecule has 1 N–H and O–H groups in total. The van der Waals surface area contributed by atoms with Crippen LogP contribution >= 0.6 is 0 Å². The maximum atomic E-state index is 12.4. The van der Waals surface area contributed by atoms with Crippen molar-refractivity contribution in [3.8, 4) is 11.1 Å². The summed E-state index contributed by atoms with van der Waals surface area (Å²) in [6, 6.07) is 22.6. The van der Waals surface area contributed by atoms with Gasteiger partial charge in [-0.15, -0.1) is 0 Å². The van der Waals surface area contributed by atoms with Crippen molar-refractivity contribution < 1.29 is 8.42 Å². The lowest BCUT2D eigenvalue weighted by Gasteiger charge is -2.12. The van der Waals surface area contributed by atoms with Gasteiger partial charge < -0.3 is 0 Å². The molecule has 0 amide bonds. The van der Waals surface area contributed by atoms with Gasteiger partial charge >= 0.3 is 0 Å². The van der Waals surface area contributed by atoms with Crippen molar-refractivity contribution in [2.24, 2.45) is 0 Å². The Kier molecular flexibility index (Phi) is 4.91. The maximum absolute atomic E-state index is 12.4. The summed E-state index contributed by atoms with van der Waals surface area (Å²) in [5.74, 6) is -0.00681. The molecule has 0 aliphatic carbocycles. The van der Waals surface area contributed by atoms with Gasteiger partial charge in [-0.1, -0.05) is 54.6 Å². The highest BCUT2D eigenvalue weighted by Crippen LogP contribution is 2.28. The number of nitrogens with zero attached hydrogens (tertiary/aromatic N) is 1. The molecule has 1 heterocycles. The number of aryl methyl sites for hydroxylation is 1. The van der Waals surface area contributed by atoms with Crippen LogP contribution in [0.4, 0.5) is 5.69 Å². The van der Waals surface area contributed by atoms with Gasteiger partial charge in [0.2, 0.25) is 10.0 Å². The first-order valence-corrected chi connectivity index (χ1v) is 9.34. The van der Waals surface area contributed by atoms with E-state index < -0.39 is 10.0 Å². The molecule has 4 nitrogen and oxygen atoms in total. The molecule has 0 aliphatic heterocycles. The zero-order chi connectivity index (χ0) is 16.8. The Bertz CT molecular complexity index is 895. The second-order valence-corrected chi connectivity index (χ2v) is 7.25. The summed E-state index contributed by atoms with van der Waals surface area (Å²) in [5.41, 5.74) is 3.18. The monoisotopic (exact) mass is 338 g/mol. The lowest BCUT2D eigenvalue weighted by atomic mass is 10.0. The highest BCUT2D eigenvalue weighted by atomic mass is 32.2. The van der Waals surface area contributed by atoms with Crippen LogP contribution in [0.1, 0.15) is 5.69 Å². The number of anilines is 1. The number of aromatic nitrogens is 1. The molecule has 0 spiro atoms. The van der Waals surface area contributed by atoms with Crippen molar-refractivity contribution in [3.05, 3.63) is 84.7 Å². The van der Waals surface area contributed by atoms with Crippen molar-refractivity contribution >= 4 is 15.7 Å². The summed E-state index contributed by atoms with van der Waals surface area (Å²) in [5, 5.41) is 0. The van der Waals surface area contributed by atoms with Gasteiger partial charge in [-0.3, -0.25) is 9.71 Å². The van der Waals surface area contributed by atoms with E-state index in [1.54, 1.807) is 12.3 Å². The van der Waals surface area contributed by atoms with Crippen LogP contribution in [0, 0.1) is 0 Å². The smallest absolute Gasteiger partial charge is 0.233 e. The molecule has 0 saturated heterocycles. The minimum atomic E-state index is -3.45. The fourth-order valence-electron chi connectivity index (χ4n) is 2.45. The molecule has 0 atom stereocenters. The third-order valence-electron chi connectivity index (χ3n) is 3.63. The van der Waals surface area contributed by atoms with Gasteiger partial charge in [0.05, 0.1) is 11.4 Å². The first-order valence-electron chi connectivity index (χ1n) is 7.69. The molecule has 0 saturated carbocycles. The van der Waals surface area contributed by atoms with E-state index >= 15 is 0 Å². The van der Waals surface area contributed by atoms with Gasteiger partial charge in [-0.05, 0) is 23.8 Å². The number of hydrogen-bond donors (Lipinski definition) is 1. The van der Waals surface area contributed by atoms with Gasteiger partial charge in [0.1, 0.15) is 0 Å². The molecule has 0 aliphatic rings. The summed E-state index contributed by atoms with van der Waals surface area (Å²) in [6.45, 7) is 0. The van der Waals surface area contributed by atoms with Crippen molar-refractivity contribution in [1.29, 1.82) is 0 Å². The number of benzene rings is 2. The molecule has 3 aromatic rings. The van der Waals surface area contributed by atoms with Crippen LogP contribution < -0.4 is 4.72 Å². The molecule has 2 aromatic carbocycles. The Balaban J connectivity index is 1.78. The average molecular weight is 338 g/mol. The minimum Gasteiger partial charge on any atom is -0.283 e. The molecule has 24 heavy (non-hydrogen) atoms. The molecule has 0 unspecified atom stereocenters. The normalized spacial score (nSPS) is 11.2. The number of sulfonamides is 1. The average Bonchev–Trinajstić information content (AvgIpc) is 2.62. The maximum Gasteiger partial charge on any atom is 0.233 e. The summed E-state index contributed by atoms with van der Waals surface area (Å²) in [4.78, 5) is 4.16. The van der Waals surface area contributed by atoms with E-state index in [2.05, 4.69) is 9.71 Å². The molecular formula is C19H18N2O2S. The SMILES string of the molecule is O=S(=O)(CCc1ccccn1)Nc1ccccc1-c1ccccc1. The van der Waals surface area contributed by atoms with Gasteiger partial charge in [0.25, 0.3) is 0 Å². The van der Waals surface area contributed by atoms with Crippen LogP contribution in [0.3, 0.4) is 0 Å². The Morgan fingerprint density at radius 2 is 1.54 bits per heavy atom. The predicted molar refractivity (Wildman–Crippen MR) is 97.2 cm³/mol. The highest BCUT2D eigenvalue weighted by molar-refractivity contribution is 7.92. The lowest BCUT2D eigenvalue weighted by Crippen LogP contribution is -2.19.